The highest BCUT2D eigenvalue weighted by molar-refractivity contribution is 5.94. The van der Waals surface area contributed by atoms with E-state index >= 15 is 0 Å². The fourth-order valence-corrected chi connectivity index (χ4v) is 4.50. The van der Waals surface area contributed by atoms with E-state index in [1.54, 1.807) is 11.8 Å². The lowest BCUT2D eigenvalue weighted by atomic mass is 9.83. The predicted octanol–water partition coefficient (Wildman–Crippen LogP) is 4.56. The van der Waals surface area contributed by atoms with Crippen molar-refractivity contribution in [2.75, 3.05) is 19.7 Å². The number of nitrogens with two attached hydrogens (primary N) is 1. The summed E-state index contributed by atoms with van der Waals surface area (Å²) in [6.07, 6.45) is 3.40. The molecule has 1 amide bonds. The molecule has 1 saturated heterocycles. The average Bonchev–Trinajstić information content (AvgIpc) is 3.57. The van der Waals surface area contributed by atoms with Gasteiger partial charge in [-0.25, -0.2) is 4.98 Å². The standard InChI is InChI=1S/C26H33F2N3O6/c1-15(29)22-21(24(33)31-10-8-18(9-11-31)26(2,3)35-14-32)30-23(37-22)17-6-7-19(36-25(27)28)20(12-17)34-13-16-4-5-16/h6-7,12,14-16,18,25H,4-5,8-11,13,29H2,1-3H3. The number of amides is 1. The van der Waals surface area contributed by atoms with Crippen LogP contribution in [0.1, 0.15) is 68.7 Å². The van der Waals surface area contributed by atoms with E-state index in [-0.39, 0.29) is 40.7 Å². The normalized spacial score (nSPS) is 17.5. The molecule has 0 bridgehead atoms. The van der Waals surface area contributed by atoms with Gasteiger partial charge in [-0.2, -0.15) is 8.78 Å². The number of alkyl halides is 2. The van der Waals surface area contributed by atoms with Crippen molar-refractivity contribution in [1.29, 1.82) is 0 Å². The Morgan fingerprint density at radius 2 is 1.95 bits per heavy atom. The third-order valence-corrected chi connectivity index (χ3v) is 6.96. The molecule has 2 fully saturated rings. The van der Waals surface area contributed by atoms with Crippen molar-refractivity contribution in [1.82, 2.24) is 9.88 Å². The van der Waals surface area contributed by atoms with Crippen LogP contribution in [-0.4, -0.2) is 54.2 Å². The average molecular weight is 522 g/mol. The fraction of sp³-hybridized carbons (Fsp3) is 0.577. The van der Waals surface area contributed by atoms with Gasteiger partial charge in [0.05, 0.1) is 12.6 Å². The summed E-state index contributed by atoms with van der Waals surface area (Å²) in [5, 5.41) is 0. The van der Waals surface area contributed by atoms with Crippen LogP contribution in [0.2, 0.25) is 0 Å². The number of hydrogen-bond acceptors (Lipinski definition) is 8. The zero-order valence-electron chi connectivity index (χ0n) is 21.2. The Labute approximate surface area is 214 Å². The molecule has 0 spiro atoms. The summed E-state index contributed by atoms with van der Waals surface area (Å²) >= 11 is 0. The maximum absolute atomic E-state index is 13.4. The van der Waals surface area contributed by atoms with Crippen molar-refractivity contribution >= 4 is 12.4 Å². The van der Waals surface area contributed by atoms with E-state index < -0.39 is 18.3 Å². The van der Waals surface area contributed by atoms with E-state index in [9.17, 15) is 18.4 Å². The number of likely N-dealkylation sites (tertiary alicyclic amines) is 1. The van der Waals surface area contributed by atoms with E-state index in [4.69, 9.17) is 19.6 Å². The molecular formula is C26H33F2N3O6. The molecule has 0 radical (unpaired) electrons. The molecular weight excluding hydrogens is 488 g/mol. The zero-order chi connectivity index (χ0) is 26.7. The van der Waals surface area contributed by atoms with Crippen LogP contribution in [0.25, 0.3) is 11.5 Å². The Hall–Kier alpha value is -3.21. The van der Waals surface area contributed by atoms with Crippen LogP contribution in [-0.2, 0) is 9.53 Å². The first-order valence-electron chi connectivity index (χ1n) is 12.5. The molecule has 1 aromatic heterocycles. The largest absolute Gasteiger partial charge is 0.489 e. The van der Waals surface area contributed by atoms with Crippen LogP contribution in [0.15, 0.2) is 22.6 Å². The second-order valence-electron chi connectivity index (χ2n) is 10.2. The van der Waals surface area contributed by atoms with Gasteiger partial charge in [0, 0.05) is 24.6 Å². The molecule has 2 heterocycles. The Balaban J connectivity index is 1.55. The van der Waals surface area contributed by atoms with Crippen LogP contribution in [0.4, 0.5) is 8.78 Å². The first-order chi connectivity index (χ1) is 17.6. The number of benzene rings is 1. The van der Waals surface area contributed by atoms with Crippen LogP contribution in [0, 0.1) is 11.8 Å². The minimum absolute atomic E-state index is 0.0842. The molecule has 9 nitrogen and oxygen atoms in total. The third kappa shape index (κ3) is 6.38. The van der Waals surface area contributed by atoms with Gasteiger partial charge in [0.2, 0.25) is 5.89 Å². The van der Waals surface area contributed by atoms with Crippen molar-refractivity contribution in [3.8, 4) is 23.0 Å². The van der Waals surface area contributed by atoms with Gasteiger partial charge >= 0.3 is 6.61 Å². The van der Waals surface area contributed by atoms with E-state index in [0.717, 1.165) is 12.8 Å². The number of piperidine rings is 1. The Kier molecular flexibility index (Phi) is 8.01. The highest BCUT2D eigenvalue weighted by Gasteiger charge is 2.37. The van der Waals surface area contributed by atoms with Gasteiger partial charge in [0.15, 0.2) is 23.0 Å². The first-order valence-corrected chi connectivity index (χ1v) is 12.5. The molecule has 2 aliphatic rings. The van der Waals surface area contributed by atoms with E-state index in [2.05, 4.69) is 9.72 Å². The molecule has 2 aromatic rings. The number of hydrogen-bond donors (Lipinski definition) is 1. The van der Waals surface area contributed by atoms with Crippen molar-refractivity contribution in [3.05, 3.63) is 29.7 Å². The Morgan fingerprint density at radius 1 is 1.24 bits per heavy atom. The zero-order valence-corrected chi connectivity index (χ0v) is 21.2. The Bertz CT molecular complexity index is 1110. The van der Waals surface area contributed by atoms with Crippen LogP contribution in [0.5, 0.6) is 11.5 Å². The highest BCUT2D eigenvalue weighted by Crippen LogP contribution is 2.37. The maximum atomic E-state index is 13.4. The number of halogens is 2. The van der Waals surface area contributed by atoms with Gasteiger partial charge in [-0.1, -0.05) is 0 Å². The van der Waals surface area contributed by atoms with Gasteiger partial charge in [-0.15, -0.1) is 0 Å². The smallest absolute Gasteiger partial charge is 0.387 e. The summed E-state index contributed by atoms with van der Waals surface area (Å²) in [7, 11) is 0. The van der Waals surface area contributed by atoms with Crippen molar-refractivity contribution in [3.63, 3.8) is 0 Å². The molecule has 1 aromatic carbocycles. The van der Waals surface area contributed by atoms with E-state index in [0.29, 0.717) is 50.5 Å². The summed E-state index contributed by atoms with van der Waals surface area (Å²) in [6.45, 7) is 4.21. The minimum Gasteiger partial charge on any atom is -0.489 e. The minimum atomic E-state index is -3.00. The van der Waals surface area contributed by atoms with Gasteiger partial charge < -0.3 is 29.3 Å². The number of nitrogens with zero attached hydrogens (tertiary/aromatic N) is 2. The summed E-state index contributed by atoms with van der Waals surface area (Å²) in [6, 6.07) is 3.80. The number of ether oxygens (including phenoxy) is 3. The quantitative estimate of drug-likeness (QED) is 0.428. The number of carbonyl (C=O) groups is 2. The topological polar surface area (TPSA) is 117 Å². The second kappa shape index (κ2) is 11.0. The number of oxazole rings is 1. The summed E-state index contributed by atoms with van der Waals surface area (Å²) in [4.78, 5) is 30.4. The van der Waals surface area contributed by atoms with Gasteiger partial charge in [-0.05, 0) is 70.6 Å². The lowest BCUT2D eigenvalue weighted by Crippen LogP contribution is -2.45. The van der Waals surface area contributed by atoms with Gasteiger partial charge in [0.1, 0.15) is 5.60 Å². The molecule has 1 atom stereocenters. The predicted molar refractivity (Wildman–Crippen MR) is 129 cm³/mol. The molecule has 1 saturated carbocycles. The van der Waals surface area contributed by atoms with Crippen LogP contribution in [0.3, 0.4) is 0 Å². The Morgan fingerprint density at radius 3 is 2.54 bits per heavy atom. The number of carbonyl (C=O) groups excluding carboxylic acids is 2. The summed E-state index contributed by atoms with van der Waals surface area (Å²) < 4.78 is 47.3. The lowest BCUT2D eigenvalue weighted by molar-refractivity contribution is -0.147. The van der Waals surface area contributed by atoms with Gasteiger partial charge in [0.25, 0.3) is 12.4 Å². The number of rotatable bonds is 11. The fourth-order valence-electron chi connectivity index (χ4n) is 4.50. The van der Waals surface area contributed by atoms with Crippen molar-refractivity contribution < 1.29 is 37.0 Å². The molecule has 1 aliphatic heterocycles. The first kappa shape index (κ1) is 26.8. The van der Waals surface area contributed by atoms with Gasteiger partial charge in [-0.3, -0.25) is 9.59 Å². The molecule has 11 heteroatoms. The maximum Gasteiger partial charge on any atom is 0.387 e. The number of aromatic nitrogens is 1. The molecule has 37 heavy (non-hydrogen) atoms. The molecule has 2 N–H and O–H groups in total. The molecule has 1 aliphatic carbocycles. The molecule has 4 rings (SSSR count). The molecule has 1 unspecified atom stereocenters. The van der Waals surface area contributed by atoms with Crippen LogP contribution >= 0.6 is 0 Å². The molecule has 202 valence electrons. The summed E-state index contributed by atoms with van der Waals surface area (Å²) in [5.74, 6) is 0.645. The second-order valence-corrected chi connectivity index (χ2v) is 10.2. The summed E-state index contributed by atoms with van der Waals surface area (Å²) in [5.41, 5.74) is 6.04. The highest BCUT2D eigenvalue weighted by atomic mass is 19.3. The van der Waals surface area contributed by atoms with Crippen LogP contribution < -0.4 is 15.2 Å². The SMILES string of the molecule is CC(N)c1oc(-c2ccc(OC(F)F)c(OCC3CC3)c2)nc1C(=O)N1CCC(C(C)(C)OC=O)CC1. The monoisotopic (exact) mass is 521 g/mol. The lowest BCUT2D eigenvalue weighted by Gasteiger charge is -2.39. The third-order valence-electron chi connectivity index (χ3n) is 6.96. The van der Waals surface area contributed by atoms with E-state index in [1.807, 2.05) is 13.8 Å². The van der Waals surface area contributed by atoms with E-state index in [1.165, 1.54) is 18.2 Å². The van der Waals surface area contributed by atoms with Crippen molar-refractivity contribution in [2.45, 2.75) is 64.7 Å². The van der Waals surface area contributed by atoms with Crippen molar-refractivity contribution in [2.24, 2.45) is 17.6 Å².